The van der Waals surface area contributed by atoms with E-state index >= 15 is 0 Å². The molecule has 1 aromatic carbocycles. The molecule has 28 heavy (non-hydrogen) atoms. The van der Waals surface area contributed by atoms with Gasteiger partial charge in [-0.25, -0.2) is 8.42 Å². The van der Waals surface area contributed by atoms with E-state index in [1.54, 1.807) is 28.6 Å². The number of nitrogens with one attached hydrogen (secondary N) is 2. The summed E-state index contributed by atoms with van der Waals surface area (Å²) < 4.78 is 27.5. The molecule has 2 aliphatic rings. The van der Waals surface area contributed by atoms with E-state index in [1.807, 2.05) is 0 Å². The number of benzene rings is 1. The first kappa shape index (κ1) is 21.3. The lowest BCUT2D eigenvalue weighted by Gasteiger charge is -2.34. The second-order valence-corrected chi connectivity index (χ2v) is 10.9. The highest BCUT2D eigenvalue weighted by Gasteiger charge is 2.31. The van der Waals surface area contributed by atoms with Crippen molar-refractivity contribution in [3.63, 3.8) is 0 Å². The number of carbonyl (C=O) groups is 1. The quantitative estimate of drug-likeness (QED) is 0.778. The summed E-state index contributed by atoms with van der Waals surface area (Å²) in [6.07, 6.45) is 3.40. The van der Waals surface area contributed by atoms with E-state index in [2.05, 4.69) is 26.1 Å². The van der Waals surface area contributed by atoms with Crippen LogP contribution in [-0.4, -0.2) is 51.4 Å². The van der Waals surface area contributed by atoms with Crippen molar-refractivity contribution in [2.45, 2.75) is 44.9 Å². The van der Waals surface area contributed by atoms with Crippen LogP contribution in [0.3, 0.4) is 0 Å². The number of piperidine rings is 2. The minimum absolute atomic E-state index is 0.0150. The van der Waals surface area contributed by atoms with Crippen LogP contribution in [0.2, 0.25) is 0 Å². The Labute approximate surface area is 169 Å². The number of carbonyl (C=O) groups excluding carboxylic acids is 1. The van der Waals surface area contributed by atoms with Crippen LogP contribution >= 0.6 is 0 Å². The molecule has 0 bridgehead atoms. The summed E-state index contributed by atoms with van der Waals surface area (Å²) in [7, 11) is -3.48. The van der Waals surface area contributed by atoms with Gasteiger partial charge in [0.05, 0.1) is 18.0 Å². The van der Waals surface area contributed by atoms with E-state index in [-0.39, 0.29) is 5.91 Å². The molecule has 0 aliphatic carbocycles. The number of rotatable bonds is 5. The topological polar surface area (TPSA) is 70.9 Å². The van der Waals surface area contributed by atoms with Crippen molar-refractivity contribution in [3.05, 3.63) is 24.3 Å². The van der Waals surface area contributed by atoms with Crippen molar-refractivity contribution < 1.29 is 18.1 Å². The third kappa shape index (κ3) is 5.33. The first-order valence-electron chi connectivity index (χ1n) is 10.5. The van der Waals surface area contributed by atoms with Gasteiger partial charge in [-0.05, 0) is 61.3 Å². The summed E-state index contributed by atoms with van der Waals surface area (Å²) in [5.74, 6) is 1.49. The summed E-state index contributed by atoms with van der Waals surface area (Å²) >= 11 is 0. The second kappa shape index (κ2) is 8.93. The molecule has 0 unspecified atom stereocenters. The van der Waals surface area contributed by atoms with Gasteiger partial charge in [-0.2, -0.15) is 4.31 Å². The Morgan fingerprint density at radius 2 is 1.61 bits per heavy atom. The van der Waals surface area contributed by atoms with E-state index in [4.69, 9.17) is 0 Å². The van der Waals surface area contributed by atoms with Crippen molar-refractivity contribution in [3.8, 4) is 0 Å². The van der Waals surface area contributed by atoms with E-state index in [1.165, 1.54) is 17.7 Å². The molecule has 2 heterocycles. The van der Waals surface area contributed by atoms with E-state index in [0.717, 1.165) is 25.4 Å². The Kier molecular flexibility index (Phi) is 6.78. The number of amides is 1. The highest BCUT2D eigenvalue weighted by molar-refractivity contribution is 7.89. The maximum atomic E-state index is 12.9. The maximum Gasteiger partial charge on any atom is 0.279 e. The number of hydrogen-bond acceptors (Lipinski definition) is 3. The van der Waals surface area contributed by atoms with Crippen molar-refractivity contribution in [1.29, 1.82) is 0 Å². The summed E-state index contributed by atoms with van der Waals surface area (Å²) in [4.78, 5) is 13.9. The summed E-state index contributed by atoms with van der Waals surface area (Å²) in [5, 5.41) is 2.90. The van der Waals surface area contributed by atoms with Crippen LogP contribution in [0.25, 0.3) is 0 Å². The van der Waals surface area contributed by atoms with Gasteiger partial charge in [0.2, 0.25) is 10.0 Å². The van der Waals surface area contributed by atoms with Gasteiger partial charge in [0.1, 0.15) is 0 Å². The van der Waals surface area contributed by atoms with Crippen molar-refractivity contribution in [2.75, 3.05) is 38.0 Å². The van der Waals surface area contributed by atoms with Crippen LogP contribution in [0.4, 0.5) is 5.69 Å². The zero-order valence-corrected chi connectivity index (χ0v) is 18.1. The van der Waals surface area contributed by atoms with Crippen LogP contribution in [0.1, 0.15) is 40.0 Å². The van der Waals surface area contributed by atoms with Gasteiger partial charge in [0.25, 0.3) is 5.91 Å². The van der Waals surface area contributed by atoms with Gasteiger partial charge < -0.3 is 10.2 Å². The number of likely N-dealkylation sites (tertiary alicyclic amines) is 1. The number of nitrogens with zero attached hydrogens (tertiary/aromatic N) is 1. The Morgan fingerprint density at radius 1 is 1.04 bits per heavy atom. The zero-order valence-electron chi connectivity index (χ0n) is 17.3. The van der Waals surface area contributed by atoms with Gasteiger partial charge >= 0.3 is 0 Å². The lowest BCUT2D eigenvalue weighted by atomic mass is 9.94. The fourth-order valence-corrected chi connectivity index (χ4v) is 6.12. The minimum Gasteiger partial charge on any atom is -0.327 e. The van der Waals surface area contributed by atoms with Crippen LogP contribution < -0.4 is 10.2 Å². The smallest absolute Gasteiger partial charge is 0.279 e. The summed E-state index contributed by atoms with van der Waals surface area (Å²) in [5.41, 5.74) is 0.647. The number of sulfonamides is 1. The van der Waals surface area contributed by atoms with Gasteiger partial charge in [-0.1, -0.05) is 20.8 Å². The highest BCUT2D eigenvalue weighted by Crippen LogP contribution is 2.27. The largest absolute Gasteiger partial charge is 0.327 e. The Bertz CT molecular complexity index is 761. The third-order valence-corrected chi connectivity index (χ3v) is 7.85. The Balaban J connectivity index is 1.59. The van der Waals surface area contributed by atoms with Crippen LogP contribution in [0.5, 0.6) is 0 Å². The van der Waals surface area contributed by atoms with E-state index < -0.39 is 10.0 Å². The Hall–Kier alpha value is -1.44. The first-order valence-corrected chi connectivity index (χ1v) is 11.9. The van der Waals surface area contributed by atoms with Gasteiger partial charge in [0.15, 0.2) is 6.54 Å². The second-order valence-electron chi connectivity index (χ2n) is 8.95. The lowest BCUT2D eigenvalue weighted by Crippen LogP contribution is -3.14. The summed E-state index contributed by atoms with van der Waals surface area (Å²) in [6, 6.07) is 6.58. The molecule has 2 fully saturated rings. The van der Waals surface area contributed by atoms with E-state index in [0.29, 0.717) is 42.1 Å². The average molecular weight is 409 g/mol. The predicted octanol–water partition coefficient (Wildman–Crippen LogP) is 1.61. The molecule has 2 saturated heterocycles. The van der Waals surface area contributed by atoms with Crippen molar-refractivity contribution in [2.24, 2.45) is 17.8 Å². The Morgan fingerprint density at radius 3 is 2.18 bits per heavy atom. The molecule has 1 aromatic rings. The number of anilines is 1. The van der Waals surface area contributed by atoms with Crippen LogP contribution in [-0.2, 0) is 14.8 Å². The highest BCUT2D eigenvalue weighted by atomic mass is 32.2. The fraction of sp³-hybridized carbons (Fsp3) is 0.667. The molecule has 7 heteroatoms. The van der Waals surface area contributed by atoms with Gasteiger partial charge in [-0.3, -0.25) is 4.79 Å². The van der Waals surface area contributed by atoms with Crippen molar-refractivity contribution in [1.82, 2.24) is 4.31 Å². The monoisotopic (exact) mass is 408 g/mol. The molecule has 2 N–H and O–H groups in total. The zero-order chi connectivity index (χ0) is 20.3. The third-order valence-electron chi connectivity index (χ3n) is 6.00. The molecule has 0 radical (unpaired) electrons. The molecule has 2 atom stereocenters. The number of quaternary nitrogens is 1. The molecular weight excluding hydrogens is 374 g/mol. The summed E-state index contributed by atoms with van der Waals surface area (Å²) in [6.45, 7) is 10.2. The van der Waals surface area contributed by atoms with Gasteiger partial charge in [0, 0.05) is 18.8 Å². The molecule has 1 amide bonds. The average Bonchev–Trinajstić information content (AvgIpc) is 2.63. The number of hydrogen-bond donors (Lipinski definition) is 2. The SMILES string of the molecule is CC1CC[NH+](CC(=O)Nc2ccc(S(=O)(=O)N3C[C@H](C)C[C@H](C)C3)cc2)CC1. The molecule has 2 aliphatic heterocycles. The van der Waals surface area contributed by atoms with E-state index in [9.17, 15) is 13.2 Å². The fourth-order valence-electron chi connectivity index (χ4n) is 4.44. The molecule has 156 valence electrons. The molecule has 0 aromatic heterocycles. The molecule has 0 spiro atoms. The standard InChI is InChI=1S/C21H33N3O3S/c1-16-8-10-23(11-9-16)15-21(25)22-19-4-6-20(7-5-19)28(26,27)24-13-17(2)12-18(3)14-24/h4-7,16-18H,8-15H2,1-3H3,(H,22,25)/p+1/t17-,18+. The van der Waals surface area contributed by atoms with Crippen molar-refractivity contribution >= 4 is 21.6 Å². The lowest BCUT2D eigenvalue weighted by molar-refractivity contribution is -0.897. The normalized spacial score (nSPS) is 29.4. The van der Waals surface area contributed by atoms with Gasteiger partial charge in [-0.15, -0.1) is 0 Å². The first-order chi connectivity index (χ1) is 13.2. The molecule has 3 rings (SSSR count). The maximum absolute atomic E-state index is 12.9. The minimum atomic E-state index is -3.48. The van der Waals surface area contributed by atoms with Crippen LogP contribution in [0, 0.1) is 17.8 Å². The predicted molar refractivity (Wildman–Crippen MR) is 111 cm³/mol. The molecular formula is C21H34N3O3S+. The van der Waals surface area contributed by atoms with Crippen LogP contribution in [0.15, 0.2) is 29.2 Å². The molecule has 6 nitrogen and oxygen atoms in total. The molecule has 0 saturated carbocycles.